The van der Waals surface area contributed by atoms with Crippen molar-refractivity contribution in [1.82, 2.24) is 10.6 Å². The van der Waals surface area contributed by atoms with Crippen molar-refractivity contribution in [2.24, 2.45) is 0 Å². The van der Waals surface area contributed by atoms with Crippen molar-refractivity contribution < 1.29 is 4.79 Å². The van der Waals surface area contributed by atoms with E-state index in [-0.39, 0.29) is 11.9 Å². The Morgan fingerprint density at radius 3 is 2.67 bits per heavy atom. The molecule has 2 N–H and O–H groups in total. The van der Waals surface area contributed by atoms with E-state index in [1.54, 1.807) is 0 Å². The Hall–Kier alpha value is -1.35. The molecule has 0 bridgehead atoms. The van der Waals surface area contributed by atoms with Crippen LogP contribution in [-0.4, -0.2) is 24.0 Å². The summed E-state index contributed by atoms with van der Waals surface area (Å²) >= 11 is 0. The second-order valence-electron chi connectivity index (χ2n) is 5.53. The lowest BCUT2D eigenvalue weighted by Gasteiger charge is -2.13. The number of hydrogen-bond acceptors (Lipinski definition) is 2. The highest BCUT2D eigenvalue weighted by Crippen LogP contribution is 2.40. The normalized spacial score (nSPS) is 27.6. The number of hydrogen-bond donors (Lipinski definition) is 2. The predicted octanol–water partition coefficient (Wildman–Crippen LogP) is 1.80. The highest BCUT2D eigenvalue weighted by molar-refractivity contribution is 5.82. The Morgan fingerprint density at radius 1 is 1.28 bits per heavy atom. The van der Waals surface area contributed by atoms with Crippen molar-refractivity contribution in [3.05, 3.63) is 35.9 Å². The van der Waals surface area contributed by atoms with Gasteiger partial charge < -0.3 is 10.6 Å². The second-order valence-corrected chi connectivity index (χ2v) is 5.53. The quantitative estimate of drug-likeness (QED) is 0.829. The minimum Gasteiger partial charge on any atom is -0.352 e. The molecule has 2 saturated carbocycles. The van der Waals surface area contributed by atoms with E-state index in [0.717, 1.165) is 19.3 Å². The molecule has 2 aliphatic carbocycles. The fraction of sp³-hybridized carbons (Fsp3) is 0.533. The van der Waals surface area contributed by atoms with E-state index in [2.05, 4.69) is 34.9 Å². The van der Waals surface area contributed by atoms with Gasteiger partial charge in [0.05, 0.1) is 6.04 Å². The van der Waals surface area contributed by atoms with Gasteiger partial charge in [-0.3, -0.25) is 4.79 Å². The third-order valence-electron chi connectivity index (χ3n) is 3.80. The summed E-state index contributed by atoms with van der Waals surface area (Å²) < 4.78 is 0. The first-order valence-corrected chi connectivity index (χ1v) is 6.85. The SMILES string of the molecule is CC(N[C@H]1C[C@@H]1c1ccccc1)C(=O)NC1CC1. The van der Waals surface area contributed by atoms with Crippen molar-refractivity contribution in [1.29, 1.82) is 0 Å². The largest absolute Gasteiger partial charge is 0.352 e. The van der Waals surface area contributed by atoms with E-state index in [1.165, 1.54) is 5.56 Å². The summed E-state index contributed by atoms with van der Waals surface area (Å²) in [6, 6.07) is 11.4. The van der Waals surface area contributed by atoms with Gasteiger partial charge in [0.25, 0.3) is 0 Å². The smallest absolute Gasteiger partial charge is 0.237 e. The van der Waals surface area contributed by atoms with Crippen LogP contribution in [0.2, 0.25) is 0 Å². The number of amides is 1. The van der Waals surface area contributed by atoms with Crippen LogP contribution in [-0.2, 0) is 4.79 Å². The summed E-state index contributed by atoms with van der Waals surface area (Å²) in [6.45, 7) is 1.96. The Labute approximate surface area is 108 Å². The minimum atomic E-state index is -0.0793. The molecule has 1 amide bonds. The van der Waals surface area contributed by atoms with Gasteiger partial charge in [0.1, 0.15) is 0 Å². The van der Waals surface area contributed by atoms with E-state index >= 15 is 0 Å². The summed E-state index contributed by atoms with van der Waals surface area (Å²) in [5, 5.41) is 6.46. The minimum absolute atomic E-state index is 0.0793. The molecule has 3 nitrogen and oxygen atoms in total. The predicted molar refractivity (Wildman–Crippen MR) is 71.4 cm³/mol. The van der Waals surface area contributed by atoms with Gasteiger partial charge in [-0.1, -0.05) is 30.3 Å². The molecule has 2 aliphatic rings. The monoisotopic (exact) mass is 244 g/mol. The molecule has 0 aromatic heterocycles. The zero-order valence-electron chi connectivity index (χ0n) is 10.7. The topological polar surface area (TPSA) is 41.1 Å². The van der Waals surface area contributed by atoms with Crippen molar-refractivity contribution in [2.45, 2.75) is 50.2 Å². The molecule has 96 valence electrons. The molecule has 0 saturated heterocycles. The van der Waals surface area contributed by atoms with Crippen LogP contribution >= 0.6 is 0 Å². The van der Waals surface area contributed by atoms with Crippen molar-refractivity contribution in [3.8, 4) is 0 Å². The zero-order chi connectivity index (χ0) is 12.5. The lowest BCUT2D eigenvalue weighted by atomic mass is 10.1. The molecule has 0 spiro atoms. The van der Waals surface area contributed by atoms with Crippen molar-refractivity contribution in [3.63, 3.8) is 0 Å². The van der Waals surface area contributed by atoms with Crippen LogP contribution in [0.25, 0.3) is 0 Å². The van der Waals surface area contributed by atoms with E-state index in [0.29, 0.717) is 18.0 Å². The van der Waals surface area contributed by atoms with Crippen LogP contribution in [0.4, 0.5) is 0 Å². The number of nitrogens with one attached hydrogen (secondary N) is 2. The second kappa shape index (κ2) is 4.73. The summed E-state index contributed by atoms with van der Waals surface area (Å²) in [5.41, 5.74) is 1.38. The maximum absolute atomic E-state index is 11.8. The fourth-order valence-electron chi connectivity index (χ4n) is 2.40. The van der Waals surface area contributed by atoms with Gasteiger partial charge in [-0.2, -0.15) is 0 Å². The van der Waals surface area contributed by atoms with E-state index < -0.39 is 0 Å². The van der Waals surface area contributed by atoms with Gasteiger partial charge in [-0.05, 0) is 31.7 Å². The van der Waals surface area contributed by atoms with Crippen LogP contribution in [0.1, 0.15) is 37.7 Å². The number of carbonyl (C=O) groups is 1. The van der Waals surface area contributed by atoms with Gasteiger partial charge in [0.2, 0.25) is 5.91 Å². The van der Waals surface area contributed by atoms with Gasteiger partial charge in [-0.15, -0.1) is 0 Å². The fourth-order valence-corrected chi connectivity index (χ4v) is 2.40. The first kappa shape index (κ1) is 11.7. The van der Waals surface area contributed by atoms with Crippen LogP contribution in [0.5, 0.6) is 0 Å². The zero-order valence-corrected chi connectivity index (χ0v) is 10.7. The van der Waals surface area contributed by atoms with E-state index in [4.69, 9.17) is 0 Å². The number of benzene rings is 1. The van der Waals surface area contributed by atoms with Gasteiger partial charge in [0, 0.05) is 18.0 Å². The highest BCUT2D eigenvalue weighted by Gasteiger charge is 2.39. The average Bonchev–Trinajstić information content (AvgIpc) is 3.26. The van der Waals surface area contributed by atoms with Crippen LogP contribution in [0.3, 0.4) is 0 Å². The summed E-state index contributed by atoms with van der Waals surface area (Å²) in [7, 11) is 0. The molecule has 3 heteroatoms. The summed E-state index contributed by atoms with van der Waals surface area (Å²) in [6.07, 6.45) is 3.44. The molecule has 3 rings (SSSR count). The lowest BCUT2D eigenvalue weighted by Crippen LogP contribution is -2.44. The molecule has 1 unspecified atom stereocenters. The molecule has 18 heavy (non-hydrogen) atoms. The van der Waals surface area contributed by atoms with Crippen LogP contribution < -0.4 is 10.6 Å². The van der Waals surface area contributed by atoms with Crippen molar-refractivity contribution >= 4 is 5.91 Å². The molecule has 1 aromatic carbocycles. The highest BCUT2D eigenvalue weighted by atomic mass is 16.2. The number of rotatable bonds is 5. The summed E-state index contributed by atoms with van der Waals surface area (Å²) in [4.78, 5) is 11.8. The molecular weight excluding hydrogens is 224 g/mol. The maximum Gasteiger partial charge on any atom is 0.237 e. The van der Waals surface area contributed by atoms with Crippen LogP contribution in [0, 0.1) is 0 Å². The molecule has 2 fully saturated rings. The molecule has 1 aromatic rings. The van der Waals surface area contributed by atoms with Gasteiger partial charge in [-0.25, -0.2) is 0 Å². The van der Waals surface area contributed by atoms with E-state index in [1.807, 2.05) is 13.0 Å². The number of carbonyl (C=O) groups excluding carboxylic acids is 1. The van der Waals surface area contributed by atoms with Crippen LogP contribution in [0.15, 0.2) is 30.3 Å². The molecule has 0 radical (unpaired) electrons. The molecular formula is C15H20N2O. The maximum atomic E-state index is 11.8. The molecule has 0 aliphatic heterocycles. The van der Waals surface area contributed by atoms with Gasteiger partial charge in [0.15, 0.2) is 0 Å². The first-order chi connectivity index (χ1) is 8.74. The Bertz CT molecular complexity index is 427. The first-order valence-electron chi connectivity index (χ1n) is 6.85. The van der Waals surface area contributed by atoms with E-state index in [9.17, 15) is 4.79 Å². The standard InChI is InChI=1S/C15H20N2O/c1-10(15(18)17-12-7-8-12)16-14-9-13(14)11-5-3-2-4-6-11/h2-6,10,12-14,16H,7-9H2,1H3,(H,17,18)/t10?,13-,14+/m1/s1. The third-order valence-corrected chi connectivity index (χ3v) is 3.80. The van der Waals surface area contributed by atoms with Gasteiger partial charge >= 0.3 is 0 Å². The molecule has 0 heterocycles. The molecule has 3 atom stereocenters. The Morgan fingerprint density at radius 2 is 2.00 bits per heavy atom. The average molecular weight is 244 g/mol. The Balaban J connectivity index is 1.48. The van der Waals surface area contributed by atoms with Crippen molar-refractivity contribution in [2.75, 3.05) is 0 Å². The summed E-state index contributed by atoms with van der Waals surface area (Å²) in [5.74, 6) is 0.735. The lowest BCUT2D eigenvalue weighted by molar-refractivity contribution is -0.122. The third kappa shape index (κ3) is 2.72. The Kier molecular flexibility index (Phi) is 3.08.